The fourth-order valence-electron chi connectivity index (χ4n) is 2.40. The van der Waals surface area contributed by atoms with Crippen molar-refractivity contribution in [1.29, 1.82) is 0 Å². The van der Waals surface area contributed by atoms with E-state index in [1.165, 1.54) is 13.2 Å². The van der Waals surface area contributed by atoms with Gasteiger partial charge in [0.25, 0.3) is 0 Å². The van der Waals surface area contributed by atoms with Crippen molar-refractivity contribution in [3.63, 3.8) is 0 Å². The van der Waals surface area contributed by atoms with Gasteiger partial charge in [0.05, 0.1) is 18.2 Å². The number of carbonyl (C=O) groups excluding carboxylic acids is 1. The van der Waals surface area contributed by atoms with Gasteiger partial charge in [0.15, 0.2) is 0 Å². The Balaban J connectivity index is 2.24. The molecular weight excluding hydrogens is 281 g/mol. The Morgan fingerprint density at radius 1 is 1.14 bits per heavy atom. The smallest absolute Gasteiger partial charge is 0.337 e. The minimum absolute atomic E-state index is 0.258. The molecule has 0 saturated carbocycles. The van der Waals surface area contributed by atoms with Crippen LogP contribution in [0.2, 0.25) is 0 Å². The van der Waals surface area contributed by atoms with E-state index in [9.17, 15) is 9.18 Å². The highest BCUT2D eigenvalue weighted by atomic mass is 19.1. The second kappa shape index (κ2) is 5.56. The molecular formula is C18H14FNO2. The maximum Gasteiger partial charge on any atom is 0.337 e. The fourth-order valence-corrected chi connectivity index (χ4v) is 2.40. The number of pyridine rings is 1. The molecule has 1 heterocycles. The second-order valence-electron chi connectivity index (χ2n) is 5.05. The summed E-state index contributed by atoms with van der Waals surface area (Å²) < 4.78 is 18.6. The van der Waals surface area contributed by atoms with E-state index in [2.05, 4.69) is 4.98 Å². The van der Waals surface area contributed by atoms with Crippen LogP contribution in [-0.2, 0) is 4.74 Å². The molecule has 0 radical (unpaired) electrons. The second-order valence-corrected chi connectivity index (χ2v) is 5.05. The first-order chi connectivity index (χ1) is 10.6. The van der Waals surface area contributed by atoms with Crippen molar-refractivity contribution in [3.8, 4) is 11.1 Å². The number of fused-ring (bicyclic) bond motifs is 1. The molecule has 0 aliphatic rings. The summed E-state index contributed by atoms with van der Waals surface area (Å²) in [6, 6.07) is 12.1. The number of hydrogen-bond acceptors (Lipinski definition) is 3. The molecule has 0 unspecified atom stereocenters. The number of aromatic nitrogens is 1. The molecule has 0 bridgehead atoms. The molecule has 3 nitrogen and oxygen atoms in total. The largest absolute Gasteiger partial charge is 0.465 e. The Hall–Kier alpha value is -2.75. The van der Waals surface area contributed by atoms with Gasteiger partial charge in [-0.3, -0.25) is 4.98 Å². The molecule has 0 N–H and O–H groups in total. The minimum atomic E-state index is -0.410. The quantitative estimate of drug-likeness (QED) is 0.667. The summed E-state index contributed by atoms with van der Waals surface area (Å²) in [5.74, 6) is -0.668. The van der Waals surface area contributed by atoms with Crippen molar-refractivity contribution < 1.29 is 13.9 Å². The number of halogens is 1. The van der Waals surface area contributed by atoms with Crippen LogP contribution in [0.3, 0.4) is 0 Å². The van der Waals surface area contributed by atoms with Gasteiger partial charge in [0.1, 0.15) is 5.82 Å². The highest BCUT2D eigenvalue weighted by Crippen LogP contribution is 2.29. The number of nitrogens with zero attached hydrogens (tertiary/aromatic N) is 1. The van der Waals surface area contributed by atoms with E-state index < -0.39 is 5.97 Å². The molecule has 0 aliphatic heterocycles. The molecule has 0 amide bonds. The Labute approximate surface area is 127 Å². The fraction of sp³-hybridized carbons (Fsp3) is 0.111. The third-order valence-electron chi connectivity index (χ3n) is 3.65. The molecule has 0 fully saturated rings. The lowest BCUT2D eigenvalue weighted by atomic mass is 9.99. The molecule has 0 saturated heterocycles. The topological polar surface area (TPSA) is 39.2 Å². The standard InChI is InChI=1S/C18H14FNO2/c1-11-3-4-12(10-16(11)19)14-7-8-20-17-6-5-13(9-15(14)17)18(21)22-2/h3-10H,1-2H3. The van der Waals surface area contributed by atoms with Gasteiger partial charge in [-0.25, -0.2) is 9.18 Å². The highest BCUT2D eigenvalue weighted by molar-refractivity contribution is 6.00. The van der Waals surface area contributed by atoms with E-state index in [0.29, 0.717) is 11.1 Å². The van der Waals surface area contributed by atoms with Gasteiger partial charge in [-0.1, -0.05) is 12.1 Å². The Kier molecular flexibility index (Phi) is 3.59. The number of benzene rings is 2. The minimum Gasteiger partial charge on any atom is -0.465 e. The SMILES string of the molecule is COC(=O)c1ccc2nccc(-c3ccc(C)c(F)c3)c2c1. The van der Waals surface area contributed by atoms with Gasteiger partial charge < -0.3 is 4.74 Å². The van der Waals surface area contributed by atoms with Gasteiger partial charge in [0.2, 0.25) is 0 Å². The number of esters is 1. The molecule has 22 heavy (non-hydrogen) atoms. The average molecular weight is 295 g/mol. The van der Waals surface area contributed by atoms with Crippen molar-refractivity contribution in [3.05, 3.63) is 65.6 Å². The first-order valence-corrected chi connectivity index (χ1v) is 6.84. The Morgan fingerprint density at radius 3 is 2.68 bits per heavy atom. The molecule has 0 spiro atoms. The molecule has 2 aromatic carbocycles. The number of ether oxygens (including phenoxy) is 1. The van der Waals surface area contributed by atoms with Crippen LogP contribution < -0.4 is 0 Å². The van der Waals surface area contributed by atoms with Crippen LogP contribution in [0.5, 0.6) is 0 Å². The molecule has 0 atom stereocenters. The Morgan fingerprint density at radius 2 is 1.95 bits per heavy atom. The summed E-state index contributed by atoms with van der Waals surface area (Å²) in [4.78, 5) is 16.0. The monoisotopic (exact) mass is 295 g/mol. The normalized spacial score (nSPS) is 10.7. The summed E-state index contributed by atoms with van der Waals surface area (Å²) in [5.41, 5.74) is 3.35. The van der Waals surface area contributed by atoms with Crippen LogP contribution in [0.15, 0.2) is 48.7 Å². The summed E-state index contributed by atoms with van der Waals surface area (Å²) in [6.45, 7) is 1.72. The first kappa shape index (κ1) is 14.2. The predicted molar refractivity (Wildman–Crippen MR) is 83.2 cm³/mol. The summed E-state index contributed by atoms with van der Waals surface area (Å²) in [5, 5.41) is 0.786. The highest BCUT2D eigenvalue weighted by Gasteiger charge is 2.11. The zero-order valence-corrected chi connectivity index (χ0v) is 12.3. The maximum atomic E-state index is 13.8. The van der Waals surface area contributed by atoms with Crippen LogP contribution in [0, 0.1) is 12.7 Å². The van der Waals surface area contributed by atoms with Crippen molar-refractivity contribution in [2.45, 2.75) is 6.92 Å². The van der Waals surface area contributed by atoms with Gasteiger partial charge in [0, 0.05) is 11.6 Å². The van der Waals surface area contributed by atoms with E-state index in [4.69, 9.17) is 4.74 Å². The lowest BCUT2D eigenvalue weighted by Gasteiger charge is -2.09. The van der Waals surface area contributed by atoms with E-state index in [1.807, 2.05) is 12.1 Å². The third kappa shape index (κ3) is 2.44. The zero-order chi connectivity index (χ0) is 15.7. The van der Waals surface area contributed by atoms with Crippen molar-refractivity contribution in [2.24, 2.45) is 0 Å². The summed E-state index contributed by atoms with van der Waals surface area (Å²) >= 11 is 0. The van der Waals surface area contributed by atoms with Gasteiger partial charge in [-0.15, -0.1) is 0 Å². The predicted octanol–water partition coefficient (Wildman–Crippen LogP) is 4.14. The number of hydrogen-bond donors (Lipinski definition) is 0. The zero-order valence-electron chi connectivity index (χ0n) is 12.3. The molecule has 3 aromatic rings. The van der Waals surface area contributed by atoms with Gasteiger partial charge >= 0.3 is 5.97 Å². The van der Waals surface area contributed by atoms with E-state index >= 15 is 0 Å². The van der Waals surface area contributed by atoms with Crippen molar-refractivity contribution >= 4 is 16.9 Å². The number of carbonyl (C=O) groups is 1. The lowest BCUT2D eigenvalue weighted by molar-refractivity contribution is 0.0601. The Bertz CT molecular complexity index is 874. The van der Waals surface area contributed by atoms with Crippen LogP contribution in [0.25, 0.3) is 22.0 Å². The van der Waals surface area contributed by atoms with Gasteiger partial charge in [-0.2, -0.15) is 0 Å². The molecule has 4 heteroatoms. The van der Waals surface area contributed by atoms with Crippen molar-refractivity contribution in [1.82, 2.24) is 4.98 Å². The van der Waals surface area contributed by atoms with E-state index in [0.717, 1.165) is 22.0 Å². The van der Waals surface area contributed by atoms with E-state index in [1.54, 1.807) is 37.4 Å². The van der Waals surface area contributed by atoms with Crippen LogP contribution in [0.4, 0.5) is 4.39 Å². The summed E-state index contributed by atoms with van der Waals surface area (Å²) in [6.07, 6.45) is 1.67. The average Bonchev–Trinajstić information content (AvgIpc) is 2.55. The van der Waals surface area contributed by atoms with Crippen LogP contribution >= 0.6 is 0 Å². The molecule has 0 aliphatic carbocycles. The maximum absolute atomic E-state index is 13.8. The molecule has 3 rings (SSSR count). The van der Waals surface area contributed by atoms with E-state index in [-0.39, 0.29) is 5.82 Å². The van der Waals surface area contributed by atoms with Crippen LogP contribution in [-0.4, -0.2) is 18.1 Å². The number of methoxy groups -OCH3 is 1. The lowest BCUT2D eigenvalue weighted by Crippen LogP contribution is -2.01. The van der Waals surface area contributed by atoms with Gasteiger partial charge in [-0.05, 0) is 53.9 Å². The van der Waals surface area contributed by atoms with Crippen molar-refractivity contribution in [2.75, 3.05) is 7.11 Å². The number of aryl methyl sites for hydroxylation is 1. The summed E-state index contributed by atoms with van der Waals surface area (Å²) in [7, 11) is 1.34. The first-order valence-electron chi connectivity index (χ1n) is 6.84. The molecule has 110 valence electrons. The number of rotatable bonds is 2. The third-order valence-corrected chi connectivity index (χ3v) is 3.65. The molecule has 1 aromatic heterocycles. The van der Waals surface area contributed by atoms with Crippen LogP contribution in [0.1, 0.15) is 15.9 Å².